The van der Waals surface area contributed by atoms with Crippen molar-refractivity contribution >= 4 is 5.97 Å². The zero-order valence-corrected chi connectivity index (χ0v) is 10.2. The van der Waals surface area contributed by atoms with Crippen LogP contribution in [0.5, 0.6) is 0 Å². The van der Waals surface area contributed by atoms with E-state index in [0.717, 1.165) is 32.5 Å². The highest BCUT2D eigenvalue weighted by molar-refractivity contribution is 5.87. The lowest BCUT2D eigenvalue weighted by Gasteiger charge is -2.31. The molecule has 0 aliphatic carbocycles. The summed E-state index contributed by atoms with van der Waals surface area (Å²) in [4.78, 5) is 13.4. The lowest BCUT2D eigenvalue weighted by Crippen LogP contribution is -2.32. The van der Waals surface area contributed by atoms with E-state index in [-0.39, 0.29) is 0 Å². The summed E-state index contributed by atoms with van der Waals surface area (Å²) in [6, 6.07) is 7.39. The first-order chi connectivity index (χ1) is 8.20. The minimum absolute atomic E-state index is 0.403. The number of rotatable bonds is 3. The number of carboxylic acid groups (broad SMARTS) is 1. The predicted octanol–water partition coefficient (Wildman–Crippen LogP) is 2.58. The third-order valence-corrected chi connectivity index (χ3v) is 3.64. The van der Waals surface area contributed by atoms with Gasteiger partial charge in [0, 0.05) is 0 Å². The molecular weight excluding hydrogens is 214 g/mol. The van der Waals surface area contributed by atoms with E-state index in [1.165, 1.54) is 5.56 Å². The highest BCUT2D eigenvalue weighted by Crippen LogP contribution is 2.28. The lowest BCUT2D eigenvalue weighted by atomic mass is 9.88. The molecular formula is C14H19NO2. The normalized spacial score (nSPS) is 18.2. The van der Waals surface area contributed by atoms with Crippen LogP contribution in [0.25, 0.3) is 0 Å². The monoisotopic (exact) mass is 233 g/mol. The summed E-state index contributed by atoms with van der Waals surface area (Å²) in [7, 11) is 0. The van der Waals surface area contributed by atoms with E-state index >= 15 is 0 Å². The van der Waals surface area contributed by atoms with E-state index in [2.05, 4.69) is 17.9 Å². The van der Waals surface area contributed by atoms with Gasteiger partial charge in [-0.15, -0.1) is 0 Å². The first kappa shape index (κ1) is 12.1. The molecule has 1 N–H and O–H groups in total. The van der Waals surface area contributed by atoms with E-state index in [9.17, 15) is 4.79 Å². The summed E-state index contributed by atoms with van der Waals surface area (Å²) in [5.41, 5.74) is 1.58. The van der Waals surface area contributed by atoms with Gasteiger partial charge < -0.3 is 10.0 Å². The molecule has 0 bridgehead atoms. The van der Waals surface area contributed by atoms with Crippen molar-refractivity contribution in [2.24, 2.45) is 0 Å². The maximum atomic E-state index is 10.9. The molecule has 3 heteroatoms. The molecule has 1 aromatic rings. The van der Waals surface area contributed by atoms with Gasteiger partial charge in [-0.2, -0.15) is 0 Å². The molecule has 17 heavy (non-hydrogen) atoms. The van der Waals surface area contributed by atoms with Gasteiger partial charge in [-0.25, -0.2) is 4.79 Å². The number of benzene rings is 1. The third kappa shape index (κ3) is 2.86. The Morgan fingerprint density at radius 2 is 2.12 bits per heavy atom. The maximum Gasteiger partial charge on any atom is 0.335 e. The van der Waals surface area contributed by atoms with E-state index in [1.54, 1.807) is 6.07 Å². The Morgan fingerprint density at radius 1 is 1.41 bits per heavy atom. The van der Waals surface area contributed by atoms with Crippen LogP contribution in [0, 0.1) is 0 Å². The summed E-state index contributed by atoms with van der Waals surface area (Å²) in [6.45, 7) is 5.55. The number of piperidine rings is 1. The summed E-state index contributed by atoms with van der Waals surface area (Å²) in [5.74, 6) is -0.310. The maximum absolute atomic E-state index is 10.9. The summed E-state index contributed by atoms with van der Waals surface area (Å²) in [6.07, 6.45) is 2.27. The summed E-state index contributed by atoms with van der Waals surface area (Å²) >= 11 is 0. The van der Waals surface area contributed by atoms with Crippen LogP contribution in [0.3, 0.4) is 0 Å². The van der Waals surface area contributed by atoms with Gasteiger partial charge in [-0.3, -0.25) is 0 Å². The predicted molar refractivity (Wildman–Crippen MR) is 67.5 cm³/mol. The molecule has 0 spiro atoms. The molecule has 0 radical (unpaired) electrons. The Morgan fingerprint density at radius 3 is 2.71 bits per heavy atom. The van der Waals surface area contributed by atoms with Gasteiger partial charge in [0.25, 0.3) is 0 Å². The first-order valence-corrected chi connectivity index (χ1v) is 6.26. The van der Waals surface area contributed by atoms with Crippen LogP contribution in [0.4, 0.5) is 0 Å². The largest absolute Gasteiger partial charge is 0.478 e. The molecule has 2 rings (SSSR count). The molecule has 0 aromatic heterocycles. The van der Waals surface area contributed by atoms with Crippen LogP contribution >= 0.6 is 0 Å². The van der Waals surface area contributed by atoms with E-state index in [1.807, 2.05) is 12.1 Å². The topological polar surface area (TPSA) is 40.5 Å². The van der Waals surface area contributed by atoms with Crippen molar-refractivity contribution < 1.29 is 9.90 Å². The molecule has 92 valence electrons. The van der Waals surface area contributed by atoms with Gasteiger partial charge in [0.15, 0.2) is 0 Å². The third-order valence-electron chi connectivity index (χ3n) is 3.64. The number of carboxylic acids is 1. The van der Waals surface area contributed by atoms with Crippen molar-refractivity contribution in [3.8, 4) is 0 Å². The highest BCUT2D eigenvalue weighted by Gasteiger charge is 2.20. The minimum Gasteiger partial charge on any atom is -0.478 e. The van der Waals surface area contributed by atoms with Gasteiger partial charge in [0.2, 0.25) is 0 Å². The molecule has 1 aromatic carbocycles. The van der Waals surface area contributed by atoms with Crippen LogP contribution in [0.2, 0.25) is 0 Å². The van der Waals surface area contributed by atoms with E-state index in [0.29, 0.717) is 11.5 Å². The Hall–Kier alpha value is -1.35. The summed E-state index contributed by atoms with van der Waals surface area (Å²) in [5, 5.41) is 8.98. The first-order valence-electron chi connectivity index (χ1n) is 6.26. The van der Waals surface area contributed by atoms with Gasteiger partial charge in [0.05, 0.1) is 5.56 Å². The molecule has 0 saturated carbocycles. The summed E-state index contributed by atoms with van der Waals surface area (Å²) < 4.78 is 0. The van der Waals surface area contributed by atoms with E-state index in [4.69, 9.17) is 5.11 Å². The number of nitrogens with zero attached hydrogens (tertiary/aromatic N) is 1. The number of carbonyl (C=O) groups is 1. The zero-order chi connectivity index (χ0) is 12.3. The minimum atomic E-state index is -0.835. The molecule has 0 unspecified atom stereocenters. The molecule has 1 aliphatic heterocycles. The van der Waals surface area contributed by atoms with Crippen LogP contribution in [-0.4, -0.2) is 35.6 Å². The van der Waals surface area contributed by atoms with Crippen molar-refractivity contribution in [2.75, 3.05) is 19.6 Å². The van der Waals surface area contributed by atoms with Crippen molar-refractivity contribution in [1.82, 2.24) is 4.90 Å². The molecule has 3 nitrogen and oxygen atoms in total. The van der Waals surface area contributed by atoms with Gasteiger partial charge in [-0.1, -0.05) is 19.1 Å². The Kier molecular flexibility index (Phi) is 3.79. The SMILES string of the molecule is CCN1CCC(c2cccc(C(=O)O)c2)CC1. The molecule has 1 fully saturated rings. The van der Waals surface area contributed by atoms with E-state index < -0.39 is 5.97 Å². The van der Waals surface area contributed by atoms with Crippen LogP contribution < -0.4 is 0 Å². The van der Waals surface area contributed by atoms with Crippen LogP contribution in [-0.2, 0) is 0 Å². The van der Waals surface area contributed by atoms with Gasteiger partial charge in [-0.05, 0) is 56.1 Å². The fraction of sp³-hybridized carbons (Fsp3) is 0.500. The second kappa shape index (κ2) is 5.32. The number of hydrogen-bond donors (Lipinski definition) is 1. The standard InChI is InChI=1S/C14H19NO2/c1-2-15-8-6-11(7-9-15)12-4-3-5-13(10-12)14(16)17/h3-5,10-11H,2,6-9H2,1H3,(H,16,17). The van der Waals surface area contributed by atoms with Crippen molar-refractivity contribution in [2.45, 2.75) is 25.7 Å². The smallest absolute Gasteiger partial charge is 0.335 e. The highest BCUT2D eigenvalue weighted by atomic mass is 16.4. The fourth-order valence-electron chi connectivity index (χ4n) is 2.51. The molecule has 1 saturated heterocycles. The van der Waals surface area contributed by atoms with Crippen LogP contribution in [0.15, 0.2) is 24.3 Å². The lowest BCUT2D eigenvalue weighted by molar-refractivity contribution is 0.0696. The Labute approximate surface area is 102 Å². The van der Waals surface area contributed by atoms with Crippen molar-refractivity contribution in [3.63, 3.8) is 0 Å². The fourth-order valence-corrected chi connectivity index (χ4v) is 2.51. The quantitative estimate of drug-likeness (QED) is 0.872. The van der Waals surface area contributed by atoms with Gasteiger partial charge in [0.1, 0.15) is 0 Å². The van der Waals surface area contributed by atoms with Crippen LogP contribution in [0.1, 0.15) is 41.6 Å². The second-order valence-electron chi connectivity index (χ2n) is 4.64. The number of likely N-dealkylation sites (tertiary alicyclic amines) is 1. The average molecular weight is 233 g/mol. The average Bonchev–Trinajstić information content (AvgIpc) is 2.39. The number of aromatic carboxylic acids is 1. The molecule has 0 amide bonds. The molecule has 0 atom stereocenters. The number of hydrogen-bond acceptors (Lipinski definition) is 2. The Bertz CT molecular complexity index is 395. The Balaban J connectivity index is 2.08. The van der Waals surface area contributed by atoms with Gasteiger partial charge >= 0.3 is 5.97 Å². The zero-order valence-electron chi connectivity index (χ0n) is 10.2. The van der Waals surface area contributed by atoms with Crippen molar-refractivity contribution in [3.05, 3.63) is 35.4 Å². The second-order valence-corrected chi connectivity index (χ2v) is 4.64. The molecule has 1 heterocycles. The molecule has 1 aliphatic rings. The van der Waals surface area contributed by atoms with Crippen molar-refractivity contribution in [1.29, 1.82) is 0 Å².